The molecular weight excluding hydrogens is 489 g/mol. The molecule has 1 aliphatic heterocycles. The molecule has 0 atom stereocenters. The molecule has 1 fully saturated rings. The molecule has 35 heavy (non-hydrogen) atoms. The molecule has 190 valence electrons. The van der Waals surface area contributed by atoms with E-state index in [1.54, 1.807) is 0 Å². The van der Waals surface area contributed by atoms with Crippen LogP contribution in [0.5, 0.6) is 5.75 Å². The zero-order chi connectivity index (χ0) is 25.8. The smallest absolute Gasteiger partial charge is 0.449 e. The number of nitrogens with zero attached hydrogens (tertiary/aromatic N) is 2. The van der Waals surface area contributed by atoms with Crippen LogP contribution in [0.2, 0.25) is 0 Å². The Morgan fingerprint density at radius 3 is 2.31 bits per heavy atom. The Labute approximate surface area is 200 Å². The number of aliphatic imine (C=N–C) groups is 1. The molecule has 1 amide bonds. The molecule has 9 nitrogen and oxygen atoms in total. The molecular formula is C22H25F3N4O5S. The maximum absolute atomic E-state index is 13.4. The van der Waals surface area contributed by atoms with E-state index >= 15 is 0 Å². The van der Waals surface area contributed by atoms with Crippen LogP contribution in [0.4, 0.5) is 18.9 Å². The number of ether oxygens (including phenoxy) is 1. The van der Waals surface area contributed by atoms with Crippen molar-refractivity contribution < 1.29 is 36.3 Å². The van der Waals surface area contributed by atoms with Gasteiger partial charge in [0.25, 0.3) is 5.91 Å². The van der Waals surface area contributed by atoms with Crippen LogP contribution in [-0.2, 0) is 10.0 Å². The van der Waals surface area contributed by atoms with E-state index in [0.717, 1.165) is 29.0 Å². The van der Waals surface area contributed by atoms with E-state index in [-0.39, 0.29) is 19.2 Å². The van der Waals surface area contributed by atoms with Gasteiger partial charge in [-0.15, -0.1) is 0 Å². The fourth-order valence-corrected chi connectivity index (χ4v) is 5.34. The quantitative estimate of drug-likeness (QED) is 0.235. The lowest BCUT2D eigenvalue weighted by atomic mass is 10.1. The number of carbonyl (C=O) groups is 1. The second-order valence-corrected chi connectivity index (χ2v) is 9.76. The summed E-state index contributed by atoms with van der Waals surface area (Å²) in [4.78, 5) is 14.9. The van der Waals surface area contributed by atoms with Crippen molar-refractivity contribution in [1.29, 1.82) is 0 Å². The highest BCUT2D eigenvalue weighted by atomic mass is 32.2. The van der Waals surface area contributed by atoms with E-state index in [1.165, 1.54) is 11.5 Å². The van der Waals surface area contributed by atoms with E-state index in [0.29, 0.717) is 18.6 Å². The Morgan fingerprint density at radius 1 is 1.14 bits per heavy atom. The zero-order valence-corrected chi connectivity index (χ0v) is 19.8. The molecule has 3 rings (SSSR count). The van der Waals surface area contributed by atoms with E-state index < -0.39 is 44.1 Å². The van der Waals surface area contributed by atoms with Gasteiger partial charge in [0.15, 0.2) is 0 Å². The number of amidine groups is 1. The maximum atomic E-state index is 13.4. The Morgan fingerprint density at radius 2 is 1.77 bits per heavy atom. The number of hydrogen-bond acceptors (Lipinski definition) is 6. The summed E-state index contributed by atoms with van der Waals surface area (Å²) in [6, 6.07) is 10.8. The van der Waals surface area contributed by atoms with Gasteiger partial charge in [-0.2, -0.15) is 17.5 Å². The average molecular weight is 515 g/mol. The van der Waals surface area contributed by atoms with Crippen molar-refractivity contribution in [2.24, 2.45) is 4.99 Å². The molecule has 2 aromatic carbocycles. The molecule has 3 N–H and O–H groups in total. The number of hydroxylamine groups is 1. The number of amides is 1. The summed E-state index contributed by atoms with van der Waals surface area (Å²) < 4.78 is 73.3. The summed E-state index contributed by atoms with van der Waals surface area (Å²) in [6.45, 7) is 2.09. The van der Waals surface area contributed by atoms with Gasteiger partial charge in [0, 0.05) is 20.1 Å². The number of anilines is 1. The lowest BCUT2D eigenvalue weighted by Crippen LogP contribution is -2.42. The number of hydrogen-bond donors (Lipinski definition) is 3. The zero-order valence-electron chi connectivity index (χ0n) is 19.0. The molecule has 13 heteroatoms. The third-order valence-electron chi connectivity index (χ3n) is 5.44. The minimum atomic E-state index is -4.88. The largest absolute Gasteiger partial charge is 0.490 e. The predicted octanol–water partition coefficient (Wildman–Crippen LogP) is 3.35. The highest BCUT2D eigenvalue weighted by Gasteiger charge is 2.38. The lowest BCUT2D eigenvalue weighted by Gasteiger charge is -2.32. The third kappa shape index (κ3) is 6.10. The Kier molecular flexibility index (Phi) is 8.03. The van der Waals surface area contributed by atoms with Crippen LogP contribution in [0, 0.1) is 6.92 Å². The number of benzene rings is 2. The Hall–Kier alpha value is -3.16. The molecule has 1 saturated heterocycles. The summed E-state index contributed by atoms with van der Waals surface area (Å²) >= 11 is 0. The van der Waals surface area contributed by atoms with Gasteiger partial charge >= 0.3 is 6.18 Å². The number of rotatable bonds is 6. The predicted molar refractivity (Wildman–Crippen MR) is 122 cm³/mol. The molecule has 1 aliphatic rings. The summed E-state index contributed by atoms with van der Waals surface area (Å²) in [6.07, 6.45) is -4.37. The third-order valence-corrected chi connectivity index (χ3v) is 7.38. The molecule has 0 unspecified atom stereocenters. The van der Waals surface area contributed by atoms with Crippen molar-refractivity contribution in [1.82, 2.24) is 9.79 Å². The first-order chi connectivity index (χ1) is 16.5. The van der Waals surface area contributed by atoms with Gasteiger partial charge in [-0.05, 0) is 44.0 Å². The SMILES string of the molecule is CN=C(Nc1cccc(S(=O)(=O)N2CCC(Oc3ccc(C)cc3)CC2)c1C(=O)NO)C(F)(F)F. The molecule has 0 bridgehead atoms. The minimum Gasteiger partial charge on any atom is -0.490 e. The van der Waals surface area contributed by atoms with Crippen molar-refractivity contribution in [3.05, 3.63) is 53.6 Å². The number of aryl methyl sites for hydroxylation is 1. The Balaban J connectivity index is 1.85. The van der Waals surface area contributed by atoms with Crippen LogP contribution in [0.15, 0.2) is 52.4 Å². The van der Waals surface area contributed by atoms with Gasteiger partial charge in [0.1, 0.15) is 11.9 Å². The van der Waals surface area contributed by atoms with Crippen LogP contribution in [0.3, 0.4) is 0 Å². The van der Waals surface area contributed by atoms with Crippen molar-refractivity contribution in [3.8, 4) is 5.75 Å². The van der Waals surface area contributed by atoms with Gasteiger partial charge in [-0.25, -0.2) is 13.9 Å². The maximum Gasteiger partial charge on any atom is 0.449 e. The number of alkyl halides is 3. The van der Waals surface area contributed by atoms with Crippen molar-refractivity contribution in [2.45, 2.75) is 36.9 Å². The summed E-state index contributed by atoms with van der Waals surface area (Å²) in [5.41, 5.74) is 1.23. The Bertz CT molecular complexity index is 1190. The average Bonchev–Trinajstić information content (AvgIpc) is 2.82. The number of carbonyl (C=O) groups excluding carboxylic acids is 1. The fourth-order valence-electron chi connectivity index (χ4n) is 3.66. The molecule has 1 heterocycles. The van der Waals surface area contributed by atoms with E-state index in [4.69, 9.17) is 9.94 Å². The first-order valence-corrected chi connectivity index (χ1v) is 12.0. The van der Waals surface area contributed by atoms with Crippen LogP contribution in [-0.4, -0.2) is 62.1 Å². The molecule has 0 radical (unpaired) electrons. The molecule has 0 spiro atoms. The van der Waals surface area contributed by atoms with Crippen molar-refractivity contribution in [2.75, 3.05) is 25.5 Å². The highest BCUT2D eigenvalue weighted by Crippen LogP contribution is 2.31. The molecule has 2 aromatic rings. The number of piperidine rings is 1. The van der Waals surface area contributed by atoms with Crippen LogP contribution in [0.1, 0.15) is 28.8 Å². The highest BCUT2D eigenvalue weighted by molar-refractivity contribution is 7.89. The minimum absolute atomic E-state index is 0.0704. The lowest BCUT2D eigenvalue weighted by molar-refractivity contribution is -0.0587. The monoisotopic (exact) mass is 514 g/mol. The van der Waals surface area contributed by atoms with Gasteiger partial charge < -0.3 is 10.1 Å². The summed E-state index contributed by atoms with van der Waals surface area (Å²) in [5.74, 6) is -2.06. The number of halogens is 3. The van der Waals surface area contributed by atoms with Gasteiger partial charge in [0.05, 0.1) is 16.1 Å². The van der Waals surface area contributed by atoms with Gasteiger partial charge in [-0.1, -0.05) is 23.8 Å². The van der Waals surface area contributed by atoms with Gasteiger partial charge in [-0.3, -0.25) is 15.0 Å². The number of nitrogens with one attached hydrogen (secondary N) is 2. The number of sulfonamides is 1. The van der Waals surface area contributed by atoms with Crippen LogP contribution >= 0.6 is 0 Å². The van der Waals surface area contributed by atoms with Crippen molar-refractivity contribution in [3.63, 3.8) is 0 Å². The van der Waals surface area contributed by atoms with E-state index in [9.17, 15) is 26.4 Å². The standard InChI is InChI=1S/C22H25F3N4O5S/c1-14-6-8-15(9-7-14)34-16-10-12-29(13-11-16)35(32,33)18-5-3-4-17(19(18)20(30)28-31)27-21(26-2)22(23,24)25/h3-9,16,31H,10-13H2,1-2H3,(H,26,27)(H,28,30). The second kappa shape index (κ2) is 10.6. The molecule has 0 aliphatic carbocycles. The van der Waals surface area contributed by atoms with Gasteiger partial charge in [0.2, 0.25) is 15.9 Å². The first-order valence-electron chi connectivity index (χ1n) is 10.6. The molecule has 0 saturated carbocycles. The van der Waals surface area contributed by atoms with Crippen LogP contribution in [0.25, 0.3) is 0 Å². The summed E-state index contributed by atoms with van der Waals surface area (Å²) in [5, 5.41) is 11.1. The van der Waals surface area contributed by atoms with E-state index in [1.807, 2.05) is 36.5 Å². The normalized spacial score (nSPS) is 16.1. The fraction of sp³-hybridized carbons (Fsp3) is 0.364. The second-order valence-electron chi connectivity index (χ2n) is 7.85. The first kappa shape index (κ1) is 26.4. The summed E-state index contributed by atoms with van der Waals surface area (Å²) in [7, 11) is -3.41. The van der Waals surface area contributed by atoms with E-state index in [2.05, 4.69) is 4.99 Å². The van der Waals surface area contributed by atoms with Crippen LogP contribution < -0.4 is 15.5 Å². The topological polar surface area (TPSA) is 120 Å². The molecule has 0 aromatic heterocycles. The van der Waals surface area contributed by atoms with Crippen molar-refractivity contribution >= 4 is 27.5 Å².